The summed E-state index contributed by atoms with van der Waals surface area (Å²) in [5.41, 5.74) is 0.288. The molecule has 1 aliphatic rings. The Morgan fingerprint density at radius 2 is 1.83 bits per heavy atom. The van der Waals surface area contributed by atoms with Crippen LogP contribution in [0.25, 0.3) is 0 Å². The van der Waals surface area contributed by atoms with Gasteiger partial charge < -0.3 is 24.8 Å². The van der Waals surface area contributed by atoms with Crippen LogP contribution in [-0.4, -0.2) is 37.8 Å². The van der Waals surface area contributed by atoms with Crippen molar-refractivity contribution in [1.82, 2.24) is 10.6 Å². The van der Waals surface area contributed by atoms with Gasteiger partial charge >= 0.3 is 0 Å². The van der Waals surface area contributed by atoms with Gasteiger partial charge in [0.1, 0.15) is 24.2 Å². The summed E-state index contributed by atoms with van der Waals surface area (Å²) in [4.78, 5) is 24.8. The van der Waals surface area contributed by atoms with Gasteiger partial charge in [-0.3, -0.25) is 9.59 Å². The van der Waals surface area contributed by atoms with Crippen LogP contribution in [0.3, 0.4) is 0 Å². The van der Waals surface area contributed by atoms with Crippen LogP contribution < -0.4 is 24.8 Å². The largest absolute Gasteiger partial charge is 0.492 e. The molecule has 29 heavy (non-hydrogen) atoms. The van der Waals surface area contributed by atoms with E-state index in [0.29, 0.717) is 17.2 Å². The number of fused-ring (bicyclic) bond motifs is 1. The minimum absolute atomic E-state index is 0.130. The number of carbonyl (C=O) groups excluding carboxylic acids is 2. The highest BCUT2D eigenvalue weighted by Gasteiger charge is 2.24. The predicted molar refractivity (Wildman–Crippen MR) is 104 cm³/mol. The van der Waals surface area contributed by atoms with Crippen molar-refractivity contribution in [3.05, 3.63) is 53.8 Å². The maximum atomic E-state index is 13.0. The van der Waals surface area contributed by atoms with Crippen LogP contribution in [0.15, 0.2) is 42.5 Å². The second-order valence-corrected chi connectivity index (χ2v) is 6.86. The maximum absolute atomic E-state index is 13.0. The summed E-state index contributed by atoms with van der Waals surface area (Å²) in [7, 11) is 0. The Bertz CT molecular complexity index is 870. The fourth-order valence-corrected chi connectivity index (χ4v) is 2.78. The van der Waals surface area contributed by atoms with Crippen molar-refractivity contribution < 1.29 is 28.2 Å². The Hall–Kier alpha value is -3.29. The first-order valence-corrected chi connectivity index (χ1v) is 9.30. The molecule has 8 heteroatoms. The molecule has 1 aliphatic heterocycles. The normalized spacial score (nSPS) is 13.1. The zero-order valence-corrected chi connectivity index (χ0v) is 16.2. The first-order valence-electron chi connectivity index (χ1n) is 9.30. The number of halogens is 1. The lowest BCUT2D eigenvalue weighted by atomic mass is 10.0. The molecule has 1 atom stereocenters. The second kappa shape index (κ2) is 9.27. The SMILES string of the molecule is CC(C)C(NC(=O)c1ccc(F)cc1)C(=O)NCCOc1ccc2c(c1)OCO2. The Balaban J connectivity index is 1.48. The molecule has 2 amide bonds. The Kier molecular flexibility index (Phi) is 6.54. The van der Waals surface area contributed by atoms with Gasteiger partial charge in [0.2, 0.25) is 12.7 Å². The Morgan fingerprint density at radius 1 is 1.10 bits per heavy atom. The van der Waals surface area contributed by atoms with Crippen LogP contribution in [0.5, 0.6) is 17.2 Å². The number of nitrogens with one attached hydrogen (secondary N) is 2. The maximum Gasteiger partial charge on any atom is 0.251 e. The summed E-state index contributed by atoms with van der Waals surface area (Å²) in [5.74, 6) is 0.585. The predicted octanol–water partition coefficient (Wildman–Crippen LogP) is 2.50. The molecular formula is C21H23FN2O5. The summed E-state index contributed by atoms with van der Waals surface area (Å²) < 4.78 is 29.1. The molecule has 3 rings (SSSR count). The number of ether oxygens (including phenoxy) is 3. The lowest BCUT2D eigenvalue weighted by Crippen LogP contribution is -2.50. The van der Waals surface area contributed by atoms with Crippen molar-refractivity contribution in [2.45, 2.75) is 19.9 Å². The summed E-state index contributed by atoms with van der Waals surface area (Å²) in [6.45, 7) is 4.37. The van der Waals surface area contributed by atoms with E-state index in [0.717, 1.165) is 0 Å². The number of amides is 2. The van der Waals surface area contributed by atoms with Gasteiger partial charge in [0.15, 0.2) is 11.5 Å². The van der Waals surface area contributed by atoms with Crippen LogP contribution >= 0.6 is 0 Å². The van der Waals surface area contributed by atoms with Gasteiger partial charge in [-0.05, 0) is 42.3 Å². The number of benzene rings is 2. The molecular weight excluding hydrogens is 379 g/mol. The van der Waals surface area contributed by atoms with E-state index >= 15 is 0 Å². The highest BCUT2D eigenvalue weighted by molar-refractivity contribution is 5.97. The monoisotopic (exact) mass is 402 g/mol. The van der Waals surface area contributed by atoms with Crippen LogP contribution in [0.2, 0.25) is 0 Å². The average molecular weight is 402 g/mol. The van der Waals surface area contributed by atoms with Crippen molar-refractivity contribution in [3.8, 4) is 17.2 Å². The van der Waals surface area contributed by atoms with Crippen molar-refractivity contribution in [2.75, 3.05) is 19.9 Å². The van der Waals surface area contributed by atoms with Gasteiger partial charge in [-0.15, -0.1) is 0 Å². The molecule has 2 aromatic carbocycles. The number of hydrogen-bond donors (Lipinski definition) is 2. The van der Waals surface area contributed by atoms with Crippen LogP contribution in [0.1, 0.15) is 24.2 Å². The molecule has 0 fully saturated rings. The van der Waals surface area contributed by atoms with E-state index in [2.05, 4.69) is 10.6 Å². The molecule has 2 N–H and O–H groups in total. The quantitative estimate of drug-likeness (QED) is 0.663. The molecule has 1 unspecified atom stereocenters. The number of rotatable bonds is 8. The molecule has 0 saturated heterocycles. The molecule has 1 heterocycles. The fourth-order valence-electron chi connectivity index (χ4n) is 2.78. The van der Waals surface area contributed by atoms with E-state index < -0.39 is 17.8 Å². The third-order valence-electron chi connectivity index (χ3n) is 4.36. The number of hydrogen-bond acceptors (Lipinski definition) is 5. The molecule has 7 nitrogen and oxygen atoms in total. The minimum atomic E-state index is -0.724. The molecule has 0 aliphatic carbocycles. The summed E-state index contributed by atoms with van der Waals surface area (Å²) in [5, 5.41) is 5.45. The van der Waals surface area contributed by atoms with E-state index in [-0.39, 0.29) is 37.3 Å². The first kappa shape index (κ1) is 20.4. The molecule has 2 aromatic rings. The zero-order valence-electron chi connectivity index (χ0n) is 16.2. The van der Waals surface area contributed by atoms with Gasteiger partial charge in [0.05, 0.1) is 6.54 Å². The third kappa shape index (κ3) is 5.37. The summed E-state index contributed by atoms with van der Waals surface area (Å²) in [6, 6.07) is 9.67. The fraction of sp³-hybridized carbons (Fsp3) is 0.333. The van der Waals surface area contributed by atoms with Gasteiger partial charge in [-0.1, -0.05) is 13.8 Å². The lowest BCUT2D eigenvalue weighted by Gasteiger charge is -2.22. The highest BCUT2D eigenvalue weighted by atomic mass is 19.1. The molecule has 0 radical (unpaired) electrons. The molecule has 0 saturated carbocycles. The van der Waals surface area contributed by atoms with E-state index in [1.165, 1.54) is 24.3 Å². The summed E-state index contributed by atoms with van der Waals surface area (Å²) in [6.07, 6.45) is 0. The van der Waals surface area contributed by atoms with Crippen LogP contribution in [-0.2, 0) is 4.79 Å². The van der Waals surface area contributed by atoms with E-state index in [9.17, 15) is 14.0 Å². The molecule has 0 bridgehead atoms. The van der Waals surface area contributed by atoms with Gasteiger partial charge in [-0.25, -0.2) is 4.39 Å². The Labute approximate surface area is 168 Å². The minimum Gasteiger partial charge on any atom is -0.492 e. The summed E-state index contributed by atoms with van der Waals surface area (Å²) >= 11 is 0. The van der Waals surface area contributed by atoms with Crippen LogP contribution in [0, 0.1) is 11.7 Å². The van der Waals surface area contributed by atoms with E-state index in [1.54, 1.807) is 18.2 Å². The van der Waals surface area contributed by atoms with Crippen molar-refractivity contribution >= 4 is 11.8 Å². The average Bonchev–Trinajstić information content (AvgIpc) is 3.17. The molecule has 0 spiro atoms. The zero-order chi connectivity index (χ0) is 20.8. The van der Waals surface area contributed by atoms with E-state index in [1.807, 2.05) is 13.8 Å². The number of carbonyl (C=O) groups is 2. The van der Waals surface area contributed by atoms with Crippen LogP contribution in [0.4, 0.5) is 4.39 Å². The molecule has 154 valence electrons. The second-order valence-electron chi connectivity index (χ2n) is 6.86. The van der Waals surface area contributed by atoms with Crippen molar-refractivity contribution in [1.29, 1.82) is 0 Å². The van der Waals surface area contributed by atoms with Crippen molar-refractivity contribution in [3.63, 3.8) is 0 Å². The lowest BCUT2D eigenvalue weighted by molar-refractivity contribution is -0.124. The standard InChI is InChI=1S/C21H23FN2O5/c1-13(2)19(24-20(25)14-3-5-15(22)6-4-14)21(26)23-9-10-27-16-7-8-17-18(11-16)29-12-28-17/h3-8,11,13,19H,9-10,12H2,1-2H3,(H,23,26)(H,24,25). The Morgan fingerprint density at radius 3 is 2.55 bits per heavy atom. The topological polar surface area (TPSA) is 85.9 Å². The smallest absolute Gasteiger partial charge is 0.251 e. The highest BCUT2D eigenvalue weighted by Crippen LogP contribution is 2.34. The van der Waals surface area contributed by atoms with Crippen molar-refractivity contribution in [2.24, 2.45) is 5.92 Å². The van der Waals surface area contributed by atoms with Gasteiger partial charge in [-0.2, -0.15) is 0 Å². The molecule has 0 aromatic heterocycles. The van der Waals surface area contributed by atoms with Gasteiger partial charge in [0, 0.05) is 11.6 Å². The van der Waals surface area contributed by atoms with Gasteiger partial charge in [0.25, 0.3) is 5.91 Å². The first-order chi connectivity index (χ1) is 13.9. The van der Waals surface area contributed by atoms with E-state index in [4.69, 9.17) is 14.2 Å². The third-order valence-corrected chi connectivity index (χ3v) is 4.36.